The second kappa shape index (κ2) is 12.2. The molecule has 0 aromatic heterocycles. The van der Waals surface area contributed by atoms with Gasteiger partial charge in [-0.2, -0.15) is 0 Å². The van der Waals surface area contributed by atoms with E-state index >= 15 is 0 Å². The van der Waals surface area contributed by atoms with Crippen LogP contribution in [0, 0.1) is 0 Å². The molecule has 0 heterocycles. The van der Waals surface area contributed by atoms with E-state index in [1.165, 1.54) is 23.1 Å². The summed E-state index contributed by atoms with van der Waals surface area (Å²) in [7, 11) is -2.34. The van der Waals surface area contributed by atoms with Gasteiger partial charge >= 0.3 is 0 Å². The van der Waals surface area contributed by atoms with Crippen LogP contribution in [-0.4, -0.2) is 57.1 Å². The second-order valence-corrected chi connectivity index (χ2v) is 11.7. The van der Waals surface area contributed by atoms with Crippen LogP contribution in [0.3, 0.4) is 0 Å². The van der Waals surface area contributed by atoms with Crippen LogP contribution in [-0.2, 0) is 26.2 Å². The van der Waals surface area contributed by atoms with Crippen LogP contribution in [0.2, 0.25) is 10.0 Å². The van der Waals surface area contributed by atoms with Gasteiger partial charge in [0.15, 0.2) is 0 Å². The van der Waals surface area contributed by atoms with Crippen molar-refractivity contribution in [3.05, 3.63) is 58.1 Å². The first-order valence-electron chi connectivity index (χ1n) is 11.6. The number of rotatable bonds is 10. The molecular weight excluding hydrogens is 525 g/mol. The summed E-state index contributed by atoms with van der Waals surface area (Å²) in [6.45, 7) is 1.20. The van der Waals surface area contributed by atoms with Crippen LogP contribution in [0.5, 0.6) is 5.75 Å². The van der Waals surface area contributed by atoms with Gasteiger partial charge in [0.2, 0.25) is 21.8 Å². The zero-order valence-corrected chi connectivity index (χ0v) is 22.9. The monoisotopic (exact) mass is 555 g/mol. The summed E-state index contributed by atoms with van der Waals surface area (Å²) in [4.78, 5) is 28.1. The van der Waals surface area contributed by atoms with Gasteiger partial charge in [0.1, 0.15) is 18.3 Å². The number of hydrogen-bond donors (Lipinski definition) is 1. The Morgan fingerprint density at radius 2 is 1.75 bits per heavy atom. The van der Waals surface area contributed by atoms with E-state index in [-0.39, 0.29) is 34.2 Å². The van der Waals surface area contributed by atoms with Gasteiger partial charge in [-0.05, 0) is 55.7 Å². The Morgan fingerprint density at radius 1 is 1.11 bits per heavy atom. The summed E-state index contributed by atoms with van der Waals surface area (Å²) >= 11 is 12.2. The first-order valence-corrected chi connectivity index (χ1v) is 14.2. The van der Waals surface area contributed by atoms with Crippen molar-refractivity contribution in [2.24, 2.45) is 0 Å². The van der Waals surface area contributed by atoms with Crippen molar-refractivity contribution in [1.29, 1.82) is 0 Å². The maximum atomic E-state index is 13.6. The molecule has 196 valence electrons. The Kier molecular flexibility index (Phi) is 9.49. The first-order chi connectivity index (χ1) is 17.0. The minimum absolute atomic E-state index is 0.0786. The fourth-order valence-electron chi connectivity index (χ4n) is 4.24. The van der Waals surface area contributed by atoms with E-state index in [2.05, 4.69) is 5.32 Å². The topological polar surface area (TPSA) is 96.0 Å². The van der Waals surface area contributed by atoms with Crippen molar-refractivity contribution >= 4 is 50.7 Å². The standard InChI is InChI=1S/C25H31Cl2N3O5S/c1-17(25(32)28-21-8-4-5-9-21)29(15-18-7-6-10-23(11-18)35-2)24(31)16-30(36(3,33)34)22-13-19(26)12-20(27)14-22/h6-7,10-14,17,21H,4-5,8-9,15-16H2,1-3H3,(H,28,32)/t17-/m0/s1. The highest BCUT2D eigenvalue weighted by atomic mass is 35.5. The molecule has 8 nitrogen and oxygen atoms in total. The number of carbonyl (C=O) groups is 2. The first kappa shape index (κ1) is 28.1. The van der Waals surface area contributed by atoms with Crippen LogP contribution < -0.4 is 14.4 Å². The second-order valence-electron chi connectivity index (χ2n) is 8.94. The predicted molar refractivity (Wildman–Crippen MR) is 142 cm³/mol. The summed E-state index contributed by atoms with van der Waals surface area (Å²) in [6.07, 6.45) is 4.91. The molecule has 0 saturated heterocycles. The summed E-state index contributed by atoms with van der Waals surface area (Å²) in [5, 5.41) is 3.49. The molecule has 0 bridgehead atoms. The molecular formula is C25H31Cl2N3O5S. The number of sulfonamides is 1. The Labute approximate surface area is 222 Å². The number of hydrogen-bond acceptors (Lipinski definition) is 5. The molecule has 1 atom stereocenters. The Morgan fingerprint density at radius 3 is 2.33 bits per heavy atom. The molecule has 1 fully saturated rings. The van der Waals surface area contributed by atoms with E-state index in [0.717, 1.165) is 41.8 Å². The van der Waals surface area contributed by atoms with Gasteiger partial charge in [-0.25, -0.2) is 8.42 Å². The normalized spacial score (nSPS) is 14.8. The van der Waals surface area contributed by atoms with E-state index in [1.54, 1.807) is 32.2 Å². The zero-order chi connectivity index (χ0) is 26.5. The SMILES string of the molecule is COc1cccc(CN(C(=O)CN(c2cc(Cl)cc(Cl)c2)S(C)(=O)=O)[C@@H](C)C(=O)NC2CCCC2)c1. The quantitative estimate of drug-likeness (QED) is 0.472. The lowest BCUT2D eigenvalue weighted by molar-refractivity contribution is -0.139. The number of nitrogens with one attached hydrogen (secondary N) is 1. The highest BCUT2D eigenvalue weighted by molar-refractivity contribution is 7.92. The molecule has 0 radical (unpaired) electrons. The van der Waals surface area contributed by atoms with Crippen LogP contribution in [0.15, 0.2) is 42.5 Å². The van der Waals surface area contributed by atoms with Crippen molar-refractivity contribution in [2.75, 3.05) is 24.2 Å². The molecule has 2 aromatic carbocycles. The van der Waals surface area contributed by atoms with Crippen molar-refractivity contribution in [2.45, 2.75) is 51.2 Å². The van der Waals surface area contributed by atoms with E-state index in [9.17, 15) is 18.0 Å². The van der Waals surface area contributed by atoms with Crippen molar-refractivity contribution in [3.8, 4) is 5.75 Å². The Balaban J connectivity index is 1.91. The van der Waals surface area contributed by atoms with E-state index in [1.807, 2.05) is 6.07 Å². The lowest BCUT2D eigenvalue weighted by Gasteiger charge is -2.32. The third kappa shape index (κ3) is 7.51. The number of amides is 2. The zero-order valence-electron chi connectivity index (χ0n) is 20.5. The summed E-state index contributed by atoms with van der Waals surface area (Å²) in [5.41, 5.74) is 0.896. The molecule has 1 N–H and O–H groups in total. The molecule has 11 heteroatoms. The van der Waals surface area contributed by atoms with Crippen LogP contribution in [0.4, 0.5) is 5.69 Å². The number of benzene rings is 2. The highest BCUT2D eigenvalue weighted by Gasteiger charge is 2.31. The van der Waals surface area contributed by atoms with Crippen molar-refractivity contribution in [1.82, 2.24) is 10.2 Å². The molecule has 0 unspecified atom stereocenters. The number of carbonyl (C=O) groups excluding carboxylic acids is 2. The molecule has 0 aliphatic heterocycles. The Bertz CT molecular complexity index is 1180. The maximum absolute atomic E-state index is 13.6. The van der Waals surface area contributed by atoms with Crippen LogP contribution in [0.25, 0.3) is 0 Å². The number of nitrogens with zero attached hydrogens (tertiary/aromatic N) is 2. The van der Waals surface area contributed by atoms with Crippen LogP contribution in [0.1, 0.15) is 38.2 Å². The number of ether oxygens (including phenoxy) is 1. The van der Waals surface area contributed by atoms with Gasteiger partial charge in [-0.15, -0.1) is 0 Å². The molecule has 1 aliphatic rings. The molecule has 3 rings (SSSR count). The van der Waals surface area contributed by atoms with Gasteiger partial charge < -0.3 is 15.0 Å². The average Bonchev–Trinajstić information content (AvgIpc) is 3.32. The van der Waals surface area contributed by atoms with Gasteiger partial charge in [-0.1, -0.05) is 48.2 Å². The van der Waals surface area contributed by atoms with Gasteiger partial charge in [-0.3, -0.25) is 13.9 Å². The van der Waals surface area contributed by atoms with E-state index in [0.29, 0.717) is 5.75 Å². The molecule has 2 amide bonds. The Hall–Kier alpha value is -2.49. The van der Waals surface area contributed by atoms with Gasteiger partial charge in [0.25, 0.3) is 0 Å². The van der Waals surface area contributed by atoms with Gasteiger partial charge in [0.05, 0.1) is 19.1 Å². The third-order valence-corrected chi connectivity index (χ3v) is 7.75. The predicted octanol–water partition coefficient (Wildman–Crippen LogP) is 4.24. The van der Waals surface area contributed by atoms with E-state index < -0.39 is 28.5 Å². The third-order valence-electron chi connectivity index (χ3n) is 6.17. The largest absolute Gasteiger partial charge is 0.497 e. The molecule has 1 saturated carbocycles. The molecule has 36 heavy (non-hydrogen) atoms. The number of anilines is 1. The summed E-state index contributed by atoms with van der Waals surface area (Å²) < 4.78 is 31.5. The van der Waals surface area contributed by atoms with Crippen molar-refractivity contribution < 1.29 is 22.7 Å². The fourth-order valence-corrected chi connectivity index (χ4v) is 5.59. The summed E-state index contributed by atoms with van der Waals surface area (Å²) in [6, 6.07) is 10.7. The molecule has 0 spiro atoms. The summed E-state index contributed by atoms with van der Waals surface area (Å²) in [5.74, 6) is -0.224. The van der Waals surface area contributed by atoms with Gasteiger partial charge in [0, 0.05) is 22.6 Å². The fraction of sp³-hybridized carbons (Fsp3) is 0.440. The minimum atomic E-state index is -3.88. The average molecular weight is 557 g/mol. The van der Waals surface area contributed by atoms with E-state index in [4.69, 9.17) is 27.9 Å². The minimum Gasteiger partial charge on any atom is -0.497 e. The lowest BCUT2D eigenvalue weighted by Crippen LogP contribution is -2.52. The maximum Gasteiger partial charge on any atom is 0.244 e. The smallest absolute Gasteiger partial charge is 0.244 e. The molecule has 2 aromatic rings. The highest BCUT2D eigenvalue weighted by Crippen LogP contribution is 2.27. The number of halogens is 2. The van der Waals surface area contributed by atoms with Crippen molar-refractivity contribution in [3.63, 3.8) is 0 Å². The number of methoxy groups -OCH3 is 1. The van der Waals surface area contributed by atoms with Crippen LogP contribution >= 0.6 is 23.2 Å². The molecule has 1 aliphatic carbocycles. The lowest BCUT2D eigenvalue weighted by atomic mass is 10.1.